The number of hydrogen-bond acceptors (Lipinski definition) is 5. The summed E-state index contributed by atoms with van der Waals surface area (Å²) in [5, 5.41) is 0. The molecule has 4 rings (SSSR count). The number of rotatable bonds is 4. The molecule has 6 heteroatoms. The van der Waals surface area contributed by atoms with Crippen molar-refractivity contribution in [1.82, 2.24) is 14.9 Å². The molecule has 3 heterocycles. The van der Waals surface area contributed by atoms with Crippen LogP contribution in [0.25, 0.3) is 0 Å². The Morgan fingerprint density at radius 3 is 2.83 bits per heavy atom. The number of likely N-dealkylation sites (tertiary alicyclic amines) is 1. The number of aromatic nitrogens is 2. The van der Waals surface area contributed by atoms with Crippen molar-refractivity contribution in [1.29, 1.82) is 0 Å². The Hall–Kier alpha value is -2.05. The first-order valence-electron chi connectivity index (χ1n) is 8.24. The van der Waals surface area contributed by atoms with Gasteiger partial charge in [0.15, 0.2) is 0 Å². The summed E-state index contributed by atoms with van der Waals surface area (Å²) in [6.45, 7) is 3.28. The molecule has 1 aromatic heterocycles. The van der Waals surface area contributed by atoms with E-state index in [4.69, 9.17) is 9.47 Å². The first-order chi connectivity index (χ1) is 11.7. The Labute approximate surface area is 140 Å². The molecular formula is C18H20FN3O2. The molecule has 2 aromatic rings. The second-order valence-corrected chi connectivity index (χ2v) is 6.58. The van der Waals surface area contributed by atoms with Gasteiger partial charge in [-0.2, -0.15) is 0 Å². The monoisotopic (exact) mass is 329 g/mol. The predicted octanol–water partition coefficient (Wildman–Crippen LogP) is 2.43. The maximum absolute atomic E-state index is 13.0. The van der Waals surface area contributed by atoms with E-state index in [1.54, 1.807) is 18.6 Å². The lowest BCUT2D eigenvalue weighted by Gasteiger charge is -2.53. The molecule has 2 saturated heterocycles. The van der Waals surface area contributed by atoms with Crippen molar-refractivity contribution in [3.05, 3.63) is 54.2 Å². The third-order valence-corrected chi connectivity index (χ3v) is 4.62. The van der Waals surface area contributed by atoms with Gasteiger partial charge in [0.1, 0.15) is 11.9 Å². The smallest absolute Gasteiger partial charge is 0.232 e. The summed E-state index contributed by atoms with van der Waals surface area (Å²) < 4.78 is 24.9. The Kier molecular flexibility index (Phi) is 4.16. The van der Waals surface area contributed by atoms with Crippen LogP contribution in [0.15, 0.2) is 42.9 Å². The molecule has 5 nitrogen and oxygen atoms in total. The lowest BCUT2D eigenvalue weighted by atomic mass is 9.84. The quantitative estimate of drug-likeness (QED) is 0.862. The van der Waals surface area contributed by atoms with Gasteiger partial charge >= 0.3 is 0 Å². The zero-order valence-corrected chi connectivity index (χ0v) is 13.4. The highest BCUT2D eigenvalue weighted by molar-refractivity contribution is 5.17. The van der Waals surface area contributed by atoms with Crippen LogP contribution in [0.3, 0.4) is 0 Å². The van der Waals surface area contributed by atoms with Crippen LogP contribution in [0.4, 0.5) is 4.39 Å². The van der Waals surface area contributed by atoms with Crippen LogP contribution < -0.4 is 4.74 Å². The lowest BCUT2D eigenvalue weighted by Crippen LogP contribution is -2.65. The third kappa shape index (κ3) is 3.39. The minimum atomic E-state index is -0.196. The fourth-order valence-electron chi connectivity index (χ4n) is 3.55. The van der Waals surface area contributed by atoms with Crippen molar-refractivity contribution < 1.29 is 13.9 Å². The molecule has 2 fully saturated rings. The van der Waals surface area contributed by atoms with Gasteiger partial charge in [-0.15, -0.1) is 0 Å². The van der Waals surface area contributed by atoms with Crippen molar-refractivity contribution in [2.24, 2.45) is 0 Å². The Bertz CT molecular complexity index is 674. The Balaban J connectivity index is 1.31. The molecule has 0 aliphatic carbocycles. The van der Waals surface area contributed by atoms with E-state index in [0.717, 1.165) is 38.0 Å². The van der Waals surface area contributed by atoms with Gasteiger partial charge in [-0.05, 0) is 17.7 Å². The van der Waals surface area contributed by atoms with Crippen molar-refractivity contribution in [2.75, 3.05) is 19.7 Å². The van der Waals surface area contributed by atoms with Crippen molar-refractivity contribution >= 4 is 0 Å². The summed E-state index contributed by atoms with van der Waals surface area (Å²) >= 11 is 0. The third-order valence-electron chi connectivity index (χ3n) is 4.62. The van der Waals surface area contributed by atoms with Crippen LogP contribution in [0.1, 0.15) is 18.4 Å². The number of nitrogens with zero attached hydrogens (tertiary/aromatic N) is 3. The van der Waals surface area contributed by atoms with Crippen LogP contribution in [-0.2, 0) is 11.3 Å². The van der Waals surface area contributed by atoms with Gasteiger partial charge in [0, 0.05) is 44.9 Å². The van der Waals surface area contributed by atoms with Crippen LogP contribution in [0.2, 0.25) is 0 Å². The Morgan fingerprint density at radius 1 is 1.25 bits per heavy atom. The van der Waals surface area contributed by atoms with Crippen LogP contribution in [0, 0.1) is 5.82 Å². The molecular weight excluding hydrogens is 309 g/mol. The summed E-state index contributed by atoms with van der Waals surface area (Å²) in [4.78, 5) is 10.5. The summed E-state index contributed by atoms with van der Waals surface area (Å²) in [6, 6.07) is 6.68. The van der Waals surface area contributed by atoms with Gasteiger partial charge in [0.2, 0.25) is 5.88 Å². The molecule has 0 N–H and O–H groups in total. The van der Waals surface area contributed by atoms with Gasteiger partial charge < -0.3 is 9.47 Å². The normalized spacial score (nSPS) is 23.0. The van der Waals surface area contributed by atoms with E-state index >= 15 is 0 Å². The second kappa shape index (κ2) is 6.45. The number of benzene rings is 1. The molecule has 0 bridgehead atoms. The van der Waals surface area contributed by atoms with Crippen LogP contribution in [-0.4, -0.2) is 46.3 Å². The molecule has 0 radical (unpaired) electrons. The molecule has 2 aliphatic heterocycles. The maximum atomic E-state index is 13.0. The zero-order valence-electron chi connectivity index (χ0n) is 13.4. The first kappa shape index (κ1) is 15.5. The van der Waals surface area contributed by atoms with E-state index in [0.29, 0.717) is 12.5 Å². The van der Waals surface area contributed by atoms with E-state index in [1.807, 2.05) is 12.1 Å². The number of hydrogen-bond donors (Lipinski definition) is 0. The molecule has 0 saturated carbocycles. The molecule has 0 amide bonds. The maximum Gasteiger partial charge on any atom is 0.232 e. The molecule has 2 aliphatic rings. The number of ether oxygens (including phenoxy) is 2. The zero-order chi connectivity index (χ0) is 16.4. The minimum Gasteiger partial charge on any atom is -0.473 e. The van der Waals surface area contributed by atoms with Crippen LogP contribution in [0.5, 0.6) is 5.88 Å². The largest absolute Gasteiger partial charge is 0.473 e. The molecule has 0 unspecified atom stereocenters. The second-order valence-electron chi connectivity index (χ2n) is 6.58. The van der Waals surface area contributed by atoms with Gasteiger partial charge in [0.25, 0.3) is 0 Å². The summed E-state index contributed by atoms with van der Waals surface area (Å²) in [5.74, 6) is 0.375. The average Bonchev–Trinajstić information content (AvgIpc) is 2.57. The van der Waals surface area contributed by atoms with Crippen molar-refractivity contribution in [3.63, 3.8) is 0 Å². The molecule has 1 spiro atoms. The fraction of sp³-hybridized carbons (Fsp3) is 0.444. The molecule has 1 atom stereocenters. The highest BCUT2D eigenvalue weighted by Gasteiger charge is 2.48. The standard InChI is InChI=1S/C18H20FN3O2/c19-15-3-1-14(2-4-15)11-22-12-18(13-22)9-16(5-8-23-18)24-17-10-20-6-7-21-17/h1-4,6-7,10,16H,5,8-9,11-13H2/t16-/m0/s1. The molecule has 24 heavy (non-hydrogen) atoms. The number of halogens is 1. The van der Waals surface area contributed by atoms with Gasteiger partial charge in [-0.3, -0.25) is 9.88 Å². The van der Waals surface area contributed by atoms with Crippen LogP contribution >= 0.6 is 0 Å². The lowest BCUT2D eigenvalue weighted by molar-refractivity contribution is -0.188. The molecule has 126 valence electrons. The van der Waals surface area contributed by atoms with Gasteiger partial charge in [-0.1, -0.05) is 12.1 Å². The van der Waals surface area contributed by atoms with E-state index < -0.39 is 0 Å². The fourth-order valence-corrected chi connectivity index (χ4v) is 3.55. The SMILES string of the molecule is Fc1ccc(CN2CC3(C[C@@H](Oc4cnccn4)CCO3)C2)cc1. The van der Waals surface area contributed by atoms with E-state index in [-0.39, 0.29) is 17.5 Å². The van der Waals surface area contributed by atoms with E-state index in [1.165, 1.54) is 12.1 Å². The van der Waals surface area contributed by atoms with E-state index in [2.05, 4.69) is 14.9 Å². The first-order valence-corrected chi connectivity index (χ1v) is 8.24. The minimum absolute atomic E-state index is 0.114. The van der Waals surface area contributed by atoms with Crippen molar-refractivity contribution in [2.45, 2.75) is 31.1 Å². The topological polar surface area (TPSA) is 47.5 Å². The average molecular weight is 329 g/mol. The summed E-state index contributed by atoms with van der Waals surface area (Å²) in [5.41, 5.74) is 1.000. The van der Waals surface area contributed by atoms with Crippen molar-refractivity contribution in [3.8, 4) is 5.88 Å². The van der Waals surface area contributed by atoms with Gasteiger partial charge in [-0.25, -0.2) is 9.37 Å². The summed E-state index contributed by atoms with van der Waals surface area (Å²) in [6.07, 6.45) is 6.77. The predicted molar refractivity (Wildman–Crippen MR) is 86.0 cm³/mol. The Morgan fingerprint density at radius 2 is 2.08 bits per heavy atom. The van der Waals surface area contributed by atoms with E-state index in [9.17, 15) is 4.39 Å². The molecule has 1 aromatic carbocycles. The highest BCUT2D eigenvalue weighted by atomic mass is 19.1. The summed E-state index contributed by atoms with van der Waals surface area (Å²) in [7, 11) is 0. The van der Waals surface area contributed by atoms with Gasteiger partial charge in [0.05, 0.1) is 18.4 Å². The highest BCUT2D eigenvalue weighted by Crippen LogP contribution is 2.36.